The monoisotopic (exact) mass is 481 g/mol. The number of halogens is 2. The third-order valence-corrected chi connectivity index (χ3v) is 5.91. The molecule has 0 saturated carbocycles. The number of ether oxygens (including phenoxy) is 1. The molecule has 0 aliphatic rings. The fourth-order valence-electron chi connectivity index (χ4n) is 2.45. The lowest BCUT2D eigenvalue weighted by atomic mass is 10.2. The molecule has 0 aliphatic carbocycles. The first-order valence-corrected chi connectivity index (χ1v) is 10.3. The van der Waals surface area contributed by atoms with Crippen molar-refractivity contribution in [1.29, 1.82) is 0 Å². The molecule has 3 aromatic rings. The van der Waals surface area contributed by atoms with E-state index in [9.17, 15) is 4.79 Å². The molecule has 0 fully saturated rings. The number of nitrogens with one attached hydrogen (secondary N) is 1. The summed E-state index contributed by atoms with van der Waals surface area (Å²) in [6.07, 6.45) is 0. The summed E-state index contributed by atoms with van der Waals surface area (Å²) >= 11 is 10.7. The highest BCUT2D eigenvalue weighted by Crippen LogP contribution is 2.31. The van der Waals surface area contributed by atoms with Gasteiger partial charge in [0.1, 0.15) is 5.75 Å². The highest BCUT2D eigenvalue weighted by molar-refractivity contribution is 9.10. The maximum absolute atomic E-state index is 12.4. The van der Waals surface area contributed by atoms with Crippen LogP contribution in [0.15, 0.2) is 46.0 Å². The molecule has 0 saturated heterocycles. The van der Waals surface area contributed by atoms with Crippen LogP contribution in [0.4, 0.5) is 5.69 Å². The van der Waals surface area contributed by atoms with Crippen molar-refractivity contribution in [3.63, 3.8) is 0 Å². The number of methoxy groups -OCH3 is 1. The highest BCUT2D eigenvalue weighted by atomic mass is 79.9. The fraction of sp³-hybridized carbons (Fsp3) is 0.167. The number of anilines is 1. The van der Waals surface area contributed by atoms with Gasteiger partial charge in [0, 0.05) is 21.1 Å². The lowest BCUT2D eigenvalue weighted by Gasteiger charge is -2.12. The van der Waals surface area contributed by atoms with Gasteiger partial charge in [-0.3, -0.25) is 4.79 Å². The van der Waals surface area contributed by atoms with Crippen molar-refractivity contribution in [3.05, 3.63) is 51.5 Å². The first-order valence-electron chi connectivity index (χ1n) is 8.13. The summed E-state index contributed by atoms with van der Waals surface area (Å²) < 4.78 is 7.49. The van der Waals surface area contributed by atoms with E-state index in [0.29, 0.717) is 27.4 Å². The summed E-state index contributed by atoms with van der Waals surface area (Å²) in [7, 11) is 1.52. The molecule has 3 rings (SSSR count). The smallest absolute Gasteiger partial charge is 0.234 e. The second kappa shape index (κ2) is 8.85. The Labute approximate surface area is 179 Å². The Balaban J connectivity index is 1.69. The molecule has 1 heterocycles. The highest BCUT2D eigenvalue weighted by Gasteiger charge is 2.16. The number of benzene rings is 2. The van der Waals surface area contributed by atoms with Gasteiger partial charge in [0.2, 0.25) is 11.1 Å². The van der Waals surface area contributed by atoms with Gasteiger partial charge in [0.15, 0.2) is 5.82 Å². The molecule has 0 unspecified atom stereocenters. The van der Waals surface area contributed by atoms with Gasteiger partial charge in [-0.05, 0) is 30.7 Å². The molecule has 0 bridgehead atoms. The van der Waals surface area contributed by atoms with Crippen molar-refractivity contribution in [3.8, 4) is 17.1 Å². The summed E-state index contributed by atoms with van der Waals surface area (Å²) in [6.45, 7) is 1.85. The van der Waals surface area contributed by atoms with Crippen molar-refractivity contribution in [1.82, 2.24) is 14.9 Å². The standard InChI is InChI=1S/C18H17BrClN5O2S/c1-10-7-14(15(27-2)8-13(10)20)22-16(26)9-28-18-24-23-17(25(18)21)11-5-3-4-6-12(11)19/h3-8H,9,21H2,1-2H3,(H,22,26). The van der Waals surface area contributed by atoms with Crippen LogP contribution >= 0.6 is 39.3 Å². The molecule has 2 aromatic carbocycles. The summed E-state index contributed by atoms with van der Waals surface area (Å²) in [5.74, 6) is 6.99. The largest absolute Gasteiger partial charge is 0.495 e. The number of aryl methyl sites for hydroxylation is 1. The van der Waals surface area contributed by atoms with Gasteiger partial charge in [0.25, 0.3) is 0 Å². The Hall–Kier alpha value is -2.23. The van der Waals surface area contributed by atoms with Crippen LogP contribution in [0.1, 0.15) is 5.56 Å². The van der Waals surface area contributed by atoms with E-state index < -0.39 is 0 Å². The number of hydrogen-bond donors (Lipinski definition) is 2. The van der Waals surface area contributed by atoms with E-state index in [2.05, 4.69) is 31.4 Å². The number of amides is 1. The molecule has 0 radical (unpaired) electrons. The van der Waals surface area contributed by atoms with Crippen molar-refractivity contribution >= 4 is 50.9 Å². The number of carbonyl (C=O) groups is 1. The molecule has 28 heavy (non-hydrogen) atoms. The Morgan fingerprint density at radius 3 is 2.82 bits per heavy atom. The topological polar surface area (TPSA) is 95.1 Å². The number of nitrogens with two attached hydrogens (primary N) is 1. The lowest BCUT2D eigenvalue weighted by Crippen LogP contribution is -2.17. The van der Waals surface area contributed by atoms with Crippen molar-refractivity contribution in [2.75, 3.05) is 24.0 Å². The quantitative estimate of drug-likeness (QED) is 0.405. The average Bonchev–Trinajstić information content (AvgIpc) is 3.03. The molecule has 1 aromatic heterocycles. The minimum absolute atomic E-state index is 0.107. The van der Waals surface area contributed by atoms with E-state index in [1.54, 1.807) is 12.1 Å². The van der Waals surface area contributed by atoms with Gasteiger partial charge in [-0.1, -0.05) is 51.4 Å². The number of nitrogens with zero attached hydrogens (tertiary/aromatic N) is 3. The number of nitrogen functional groups attached to an aromatic ring is 1. The van der Waals surface area contributed by atoms with Gasteiger partial charge in [-0.2, -0.15) is 0 Å². The molecule has 146 valence electrons. The van der Waals surface area contributed by atoms with Crippen LogP contribution in [0, 0.1) is 6.92 Å². The van der Waals surface area contributed by atoms with Crippen LogP contribution < -0.4 is 15.9 Å². The third kappa shape index (κ3) is 4.43. The number of aromatic nitrogens is 3. The zero-order chi connectivity index (χ0) is 20.3. The van der Waals surface area contributed by atoms with Crippen molar-refractivity contribution in [2.45, 2.75) is 12.1 Å². The molecule has 0 aliphatic heterocycles. The molecule has 0 atom stereocenters. The fourth-order valence-corrected chi connectivity index (χ4v) is 3.72. The molecule has 0 spiro atoms. The minimum Gasteiger partial charge on any atom is -0.495 e. The Bertz CT molecular complexity index is 1030. The van der Waals surface area contributed by atoms with Gasteiger partial charge in [-0.15, -0.1) is 10.2 Å². The Morgan fingerprint density at radius 2 is 2.11 bits per heavy atom. The van der Waals surface area contributed by atoms with Gasteiger partial charge in [0.05, 0.1) is 18.6 Å². The summed E-state index contributed by atoms with van der Waals surface area (Å²) in [5, 5.41) is 12.0. The first-order chi connectivity index (χ1) is 13.4. The van der Waals surface area contributed by atoms with E-state index in [-0.39, 0.29) is 11.7 Å². The molecule has 7 nitrogen and oxygen atoms in total. The third-order valence-electron chi connectivity index (χ3n) is 3.87. The maximum atomic E-state index is 12.4. The predicted octanol–water partition coefficient (Wildman–Crippen LogP) is 4.12. The second-order valence-electron chi connectivity index (χ2n) is 5.79. The zero-order valence-corrected chi connectivity index (χ0v) is 18.2. The Morgan fingerprint density at radius 1 is 1.36 bits per heavy atom. The molecule has 3 N–H and O–H groups in total. The van der Waals surface area contributed by atoms with Crippen LogP contribution in [0.25, 0.3) is 11.4 Å². The van der Waals surface area contributed by atoms with Crippen LogP contribution in [0.2, 0.25) is 5.02 Å². The van der Waals surface area contributed by atoms with Crippen molar-refractivity contribution < 1.29 is 9.53 Å². The van der Waals surface area contributed by atoms with E-state index >= 15 is 0 Å². The number of carbonyl (C=O) groups excluding carboxylic acids is 1. The lowest BCUT2D eigenvalue weighted by molar-refractivity contribution is -0.113. The van der Waals surface area contributed by atoms with E-state index in [1.165, 1.54) is 23.5 Å². The van der Waals surface area contributed by atoms with Gasteiger partial charge < -0.3 is 15.9 Å². The number of thioether (sulfide) groups is 1. The van der Waals surface area contributed by atoms with Crippen LogP contribution in [0.3, 0.4) is 0 Å². The molecule has 10 heteroatoms. The summed E-state index contributed by atoms with van der Waals surface area (Å²) in [5.41, 5.74) is 2.21. The molecule has 1 amide bonds. The molecular weight excluding hydrogens is 466 g/mol. The number of rotatable bonds is 6. The first kappa shape index (κ1) is 20.5. The average molecular weight is 483 g/mol. The summed E-state index contributed by atoms with van der Waals surface area (Å²) in [6, 6.07) is 11.0. The van der Waals surface area contributed by atoms with Crippen LogP contribution in [-0.2, 0) is 4.79 Å². The molecular formula is C18H17BrClN5O2S. The maximum Gasteiger partial charge on any atom is 0.234 e. The minimum atomic E-state index is -0.226. The second-order valence-corrected chi connectivity index (χ2v) is 8.00. The Kier molecular flexibility index (Phi) is 6.48. The van der Waals surface area contributed by atoms with Gasteiger partial charge >= 0.3 is 0 Å². The summed E-state index contributed by atoms with van der Waals surface area (Å²) in [4.78, 5) is 12.4. The zero-order valence-electron chi connectivity index (χ0n) is 15.1. The predicted molar refractivity (Wildman–Crippen MR) is 115 cm³/mol. The van der Waals surface area contributed by atoms with Gasteiger partial charge in [-0.25, -0.2) is 4.68 Å². The van der Waals surface area contributed by atoms with E-state index in [4.69, 9.17) is 22.2 Å². The van der Waals surface area contributed by atoms with Crippen molar-refractivity contribution in [2.24, 2.45) is 0 Å². The van der Waals surface area contributed by atoms with Crippen LogP contribution in [-0.4, -0.2) is 33.6 Å². The van der Waals surface area contributed by atoms with E-state index in [0.717, 1.165) is 15.6 Å². The number of hydrogen-bond acceptors (Lipinski definition) is 6. The SMILES string of the molecule is COc1cc(Cl)c(C)cc1NC(=O)CSc1nnc(-c2ccccc2Br)n1N. The van der Waals surface area contributed by atoms with E-state index in [1.807, 2.05) is 31.2 Å². The van der Waals surface area contributed by atoms with Crippen LogP contribution in [0.5, 0.6) is 5.75 Å². The normalized spacial score (nSPS) is 10.7.